The summed E-state index contributed by atoms with van der Waals surface area (Å²) in [7, 11) is 0. The van der Waals surface area contributed by atoms with Crippen molar-refractivity contribution in [1.82, 2.24) is 5.32 Å². The number of aliphatic hydroxyl groups excluding tert-OH is 1. The van der Waals surface area contributed by atoms with Crippen molar-refractivity contribution in [3.63, 3.8) is 0 Å². The van der Waals surface area contributed by atoms with Crippen molar-refractivity contribution in [3.8, 4) is 0 Å². The second-order valence-electron chi connectivity index (χ2n) is 1.82. The van der Waals surface area contributed by atoms with E-state index in [1.807, 2.05) is 6.92 Å². The van der Waals surface area contributed by atoms with E-state index in [4.69, 9.17) is 10.8 Å². The fourth-order valence-corrected chi connectivity index (χ4v) is 0.409. The summed E-state index contributed by atoms with van der Waals surface area (Å²) in [5, 5.41) is 11.3. The first kappa shape index (κ1) is 7.88. The molecular weight excluding hydrogens is 104 g/mol. The zero-order valence-electron chi connectivity index (χ0n) is 5.22. The molecule has 0 aromatic carbocycles. The van der Waals surface area contributed by atoms with Crippen molar-refractivity contribution in [1.29, 1.82) is 0 Å². The van der Waals surface area contributed by atoms with Crippen LogP contribution in [0.2, 0.25) is 0 Å². The van der Waals surface area contributed by atoms with E-state index in [2.05, 4.69) is 5.32 Å². The summed E-state index contributed by atoms with van der Waals surface area (Å²) in [6, 6.07) is 0. The number of nitrogens with two attached hydrogens (primary N) is 1. The molecule has 0 aromatic rings. The van der Waals surface area contributed by atoms with Crippen molar-refractivity contribution in [2.24, 2.45) is 5.73 Å². The molecule has 0 saturated carbocycles. The molecule has 3 heteroatoms. The van der Waals surface area contributed by atoms with Gasteiger partial charge in [-0.2, -0.15) is 0 Å². The van der Waals surface area contributed by atoms with Crippen LogP contribution in [0, 0.1) is 0 Å². The van der Waals surface area contributed by atoms with Crippen molar-refractivity contribution >= 4 is 0 Å². The summed E-state index contributed by atoms with van der Waals surface area (Å²) in [4.78, 5) is 0. The van der Waals surface area contributed by atoms with Gasteiger partial charge in [-0.05, 0) is 19.9 Å². The highest BCUT2D eigenvalue weighted by atomic mass is 16.3. The lowest BCUT2D eigenvalue weighted by Crippen LogP contribution is -2.34. The second kappa shape index (κ2) is 5.03. The van der Waals surface area contributed by atoms with Crippen molar-refractivity contribution in [2.75, 3.05) is 13.2 Å². The minimum Gasteiger partial charge on any atom is -0.396 e. The highest BCUT2D eigenvalue weighted by Gasteiger charge is 1.88. The quantitative estimate of drug-likeness (QED) is 0.337. The lowest BCUT2D eigenvalue weighted by atomic mass is 10.4. The first-order valence-electron chi connectivity index (χ1n) is 2.87. The molecule has 0 aliphatic heterocycles. The van der Waals surface area contributed by atoms with Gasteiger partial charge < -0.3 is 16.2 Å². The van der Waals surface area contributed by atoms with Gasteiger partial charge in [-0.1, -0.05) is 0 Å². The predicted molar refractivity (Wildman–Crippen MR) is 33.4 cm³/mol. The normalized spacial score (nSPS) is 13.9. The van der Waals surface area contributed by atoms with E-state index in [0.717, 1.165) is 13.0 Å². The van der Waals surface area contributed by atoms with Crippen LogP contribution in [0.25, 0.3) is 0 Å². The molecule has 1 unspecified atom stereocenters. The summed E-state index contributed by atoms with van der Waals surface area (Å²) < 4.78 is 0. The van der Waals surface area contributed by atoms with Gasteiger partial charge in [0.25, 0.3) is 0 Å². The lowest BCUT2D eigenvalue weighted by Gasteiger charge is -2.04. The van der Waals surface area contributed by atoms with Crippen LogP contribution < -0.4 is 11.1 Å². The summed E-state index contributed by atoms with van der Waals surface area (Å²) in [6.45, 7) is 2.91. The van der Waals surface area contributed by atoms with Gasteiger partial charge in [0.1, 0.15) is 0 Å². The van der Waals surface area contributed by atoms with Gasteiger partial charge in [-0.3, -0.25) is 0 Å². The van der Waals surface area contributed by atoms with E-state index in [1.54, 1.807) is 0 Å². The van der Waals surface area contributed by atoms with Crippen molar-refractivity contribution < 1.29 is 5.11 Å². The molecule has 50 valence electrons. The van der Waals surface area contributed by atoms with Crippen LogP contribution in [0.3, 0.4) is 0 Å². The number of aliphatic hydroxyl groups is 1. The molecule has 0 aromatic heterocycles. The van der Waals surface area contributed by atoms with Crippen LogP contribution in [0.4, 0.5) is 0 Å². The number of hydrogen-bond donors (Lipinski definition) is 3. The Morgan fingerprint density at radius 3 is 2.75 bits per heavy atom. The van der Waals surface area contributed by atoms with Crippen LogP contribution in [-0.2, 0) is 0 Å². The molecule has 1 atom stereocenters. The molecule has 0 rings (SSSR count). The highest BCUT2D eigenvalue weighted by molar-refractivity contribution is 4.48. The fourth-order valence-electron chi connectivity index (χ4n) is 0.409. The van der Waals surface area contributed by atoms with E-state index in [-0.39, 0.29) is 12.8 Å². The number of rotatable bonds is 4. The molecule has 0 aliphatic carbocycles. The topological polar surface area (TPSA) is 58.3 Å². The Bertz CT molecular complexity index is 47.7. The monoisotopic (exact) mass is 118 g/mol. The first-order valence-corrected chi connectivity index (χ1v) is 2.87. The average molecular weight is 118 g/mol. The van der Waals surface area contributed by atoms with Crippen LogP contribution in [0.5, 0.6) is 0 Å². The number of nitrogens with one attached hydrogen (secondary N) is 1. The molecule has 0 aliphatic rings. The SMILES string of the molecule is CC(N)NCCCO. The van der Waals surface area contributed by atoms with Gasteiger partial charge in [0, 0.05) is 6.61 Å². The summed E-state index contributed by atoms with van der Waals surface area (Å²) in [6.07, 6.45) is 0.822. The van der Waals surface area contributed by atoms with Gasteiger partial charge >= 0.3 is 0 Å². The molecular formula is C5H14N2O. The molecule has 0 bridgehead atoms. The van der Waals surface area contributed by atoms with Crippen LogP contribution in [0.1, 0.15) is 13.3 Å². The van der Waals surface area contributed by atoms with Crippen LogP contribution >= 0.6 is 0 Å². The Morgan fingerprint density at radius 1 is 1.75 bits per heavy atom. The van der Waals surface area contributed by atoms with E-state index >= 15 is 0 Å². The summed E-state index contributed by atoms with van der Waals surface area (Å²) >= 11 is 0. The largest absolute Gasteiger partial charge is 0.396 e. The molecule has 4 N–H and O–H groups in total. The van der Waals surface area contributed by atoms with Crippen LogP contribution in [0.15, 0.2) is 0 Å². The van der Waals surface area contributed by atoms with E-state index < -0.39 is 0 Å². The molecule has 0 spiro atoms. The van der Waals surface area contributed by atoms with E-state index in [0.29, 0.717) is 0 Å². The maximum Gasteiger partial charge on any atom is 0.0517 e. The molecule has 3 nitrogen and oxygen atoms in total. The summed E-state index contributed by atoms with van der Waals surface area (Å²) in [5.41, 5.74) is 5.34. The smallest absolute Gasteiger partial charge is 0.0517 e. The minimum atomic E-state index is 0.0431. The molecule has 0 saturated heterocycles. The Morgan fingerprint density at radius 2 is 2.38 bits per heavy atom. The first-order chi connectivity index (χ1) is 3.77. The van der Waals surface area contributed by atoms with Gasteiger partial charge in [-0.15, -0.1) is 0 Å². The minimum absolute atomic E-state index is 0.0431. The average Bonchev–Trinajstić information content (AvgIpc) is 1.66. The van der Waals surface area contributed by atoms with E-state index in [1.165, 1.54) is 0 Å². The third-order valence-corrected chi connectivity index (χ3v) is 0.801. The highest BCUT2D eigenvalue weighted by Crippen LogP contribution is 1.72. The standard InChI is InChI=1S/C5H14N2O/c1-5(6)7-3-2-4-8/h5,7-8H,2-4,6H2,1H3. The zero-order chi connectivity index (χ0) is 6.41. The third kappa shape index (κ3) is 5.88. The fraction of sp³-hybridized carbons (Fsp3) is 1.00. The van der Waals surface area contributed by atoms with Gasteiger partial charge in [0.15, 0.2) is 0 Å². The molecule has 8 heavy (non-hydrogen) atoms. The second-order valence-corrected chi connectivity index (χ2v) is 1.82. The number of hydrogen-bond acceptors (Lipinski definition) is 3. The molecule has 0 radical (unpaired) electrons. The molecule has 0 heterocycles. The Labute approximate surface area is 49.9 Å². The van der Waals surface area contributed by atoms with E-state index in [9.17, 15) is 0 Å². The van der Waals surface area contributed by atoms with Crippen molar-refractivity contribution in [3.05, 3.63) is 0 Å². The third-order valence-electron chi connectivity index (χ3n) is 0.801. The van der Waals surface area contributed by atoms with Gasteiger partial charge in [0.2, 0.25) is 0 Å². The van der Waals surface area contributed by atoms with Gasteiger partial charge in [-0.25, -0.2) is 0 Å². The van der Waals surface area contributed by atoms with Gasteiger partial charge in [0.05, 0.1) is 6.17 Å². The predicted octanol–water partition coefficient (Wildman–Crippen LogP) is -0.737. The van der Waals surface area contributed by atoms with Crippen molar-refractivity contribution in [2.45, 2.75) is 19.5 Å². The Balaban J connectivity index is 2.72. The molecule has 0 amide bonds. The maximum atomic E-state index is 8.30. The lowest BCUT2D eigenvalue weighted by molar-refractivity contribution is 0.284. The summed E-state index contributed by atoms with van der Waals surface area (Å²) in [5.74, 6) is 0. The molecule has 0 fully saturated rings. The maximum absolute atomic E-state index is 8.30. The zero-order valence-corrected chi connectivity index (χ0v) is 5.22. The van der Waals surface area contributed by atoms with Crippen LogP contribution in [-0.4, -0.2) is 24.4 Å². The Hall–Kier alpha value is -0.120. The Kier molecular flexibility index (Phi) is 4.95.